The minimum Gasteiger partial charge on any atom is -0.321 e. The lowest BCUT2D eigenvalue weighted by Crippen LogP contribution is -2.33. The maximum Gasteiger partial charge on any atom is 0.416 e. The molecule has 2 rings (SSSR count). The van der Waals surface area contributed by atoms with E-state index in [9.17, 15) is 18.0 Å². The van der Waals surface area contributed by atoms with Crippen molar-refractivity contribution in [3.05, 3.63) is 35.4 Å². The van der Waals surface area contributed by atoms with Crippen LogP contribution in [0.25, 0.3) is 0 Å². The van der Waals surface area contributed by atoms with Gasteiger partial charge in [0.1, 0.15) is 6.17 Å². The normalized spacial score (nSPS) is 19.7. The third kappa shape index (κ3) is 3.09. The second-order valence-electron chi connectivity index (χ2n) is 4.45. The van der Waals surface area contributed by atoms with Crippen molar-refractivity contribution in [2.75, 3.05) is 25.1 Å². The molecule has 1 amide bonds. The molecule has 0 aliphatic carbocycles. The lowest BCUT2D eigenvalue weighted by atomic mass is 10.0. The summed E-state index contributed by atoms with van der Waals surface area (Å²) in [4.78, 5) is 13.3. The average Bonchev–Trinajstić information content (AvgIpc) is 2.76. The zero-order valence-corrected chi connectivity index (χ0v) is 11.7. The molecule has 1 aliphatic heterocycles. The van der Waals surface area contributed by atoms with Gasteiger partial charge in [-0.1, -0.05) is 18.2 Å². The third-order valence-corrected chi connectivity index (χ3v) is 3.77. The van der Waals surface area contributed by atoms with Gasteiger partial charge in [0.2, 0.25) is 5.91 Å². The van der Waals surface area contributed by atoms with Crippen molar-refractivity contribution in [2.45, 2.75) is 12.3 Å². The molecule has 1 heterocycles. The maximum absolute atomic E-state index is 13.0. The Labute approximate surface area is 119 Å². The number of rotatable bonds is 4. The summed E-state index contributed by atoms with van der Waals surface area (Å²) in [6.07, 6.45) is -3.23. The number of nitrogens with zero attached hydrogens (tertiary/aromatic N) is 1. The van der Waals surface area contributed by atoms with Gasteiger partial charge in [0.15, 0.2) is 0 Å². The predicted molar refractivity (Wildman–Crippen MR) is 72.3 cm³/mol. The molecule has 1 atom stereocenters. The number of hydrogen-bond donors (Lipinski definition) is 1. The van der Waals surface area contributed by atoms with Crippen LogP contribution in [-0.2, 0) is 11.0 Å². The van der Waals surface area contributed by atoms with E-state index in [0.29, 0.717) is 12.3 Å². The highest BCUT2D eigenvalue weighted by Crippen LogP contribution is 2.36. The zero-order chi connectivity index (χ0) is 14.8. The number of hydrogen-bond acceptors (Lipinski definition) is 3. The fourth-order valence-corrected chi connectivity index (χ4v) is 2.63. The minimum atomic E-state index is -4.42. The van der Waals surface area contributed by atoms with Crippen LogP contribution in [-0.4, -0.2) is 35.9 Å². The lowest BCUT2D eigenvalue weighted by molar-refractivity contribution is -0.139. The van der Waals surface area contributed by atoms with Crippen LogP contribution in [0.3, 0.4) is 0 Å². The molecule has 0 radical (unpaired) electrons. The number of benzene rings is 1. The maximum atomic E-state index is 13.0. The van der Waals surface area contributed by atoms with Gasteiger partial charge in [0, 0.05) is 17.9 Å². The highest BCUT2D eigenvalue weighted by atomic mass is 32.2. The quantitative estimate of drug-likeness (QED) is 0.927. The largest absolute Gasteiger partial charge is 0.416 e. The van der Waals surface area contributed by atoms with Crippen LogP contribution in [0.15, 0.2) is 24.3 Å². The van der Waals surface area contributed by atoms with Crippen molar-refractivity contribution in [1.82, 2.24) is 10.2 Å². The van der Waals surface area contributed by atoms with Gasteiger partial charge in [-0.25, -0.2) is 0 Å². The Hall–Kier alpha value is -1.21. The van der Waals surface area contributed by atoms with Crippen LogP contribution >= 0.6 is 11.8 Å². The number of carbonyl (C=O) groups is 1. The van der Waals surface area contributed by atoms with Gasteiger partial charge >= 0.3 is 6.18 Å². The first kappa shape index (κ1) is 15.2. The van der Waals surface area contributed by atoms with Crippen LogP contribution in [0, 0.1) is 0 Å². The lowest BCUT2D eigenvalue weighted by Gasteiger charge is -2.26. The fraction of sp³-hybridized carbons (Fsp3) is 0.462. The minimum absolute atomic E-state index is 0.0746. The monoisotopic (exact) mass is 304 g/mol. The van der Waals surface area contributed by atoms with Crippen LogP contribution in [0.1, 0.15) is 17.3 Å². The molecule has 1 N–H and O–H groups in total. The van der Waals surface area contributed by atoms with Crippen LogP contribution < -0.4 is 5.32 Å². The molecular formula is C13H15F3N2OS. The van der Waals surface area contributed by atoms with E-state index in [1.807, 2.05) is 6.26 Å². The second kappa shape index (κ2) is 6.05. The topological polar surface area (TPSA) is 32.3 Å². The number of alkyl halides is 3. The van der Waals surface area contributed by atoms with Gasteiger partial charge in [-0.3, -0.25) is 10.1 Å². The van der Waals surface area contributed by atoms with E-state index >= 15 is 0 Å². The number of nitrogens with one attached hydrogen (secondary N) is 1. The van der Waals surface area contributed by atoms with E-state index in [4.69, 9.17) is 0 Å². The summed E-state index contributed by atoms with van der Waals surface area (Å²) in [6.45, 7) is 0.509. The molecule has 1 fully saturated rings. The SMILES string of the molecule is CSCCN1C(=O)CNC1c1ccccc1C(F)(F)F. The van der Waals surface area contributed by atoms with E-state index in [0.717, 1.165) is 6.07 Å². The van der Waals surface area contributed by atoms with E-state index in [1.54, 1.807) is 17.8 Å². The smallest absolute Gasteiger partial charge is 0.321 e. The van der Waals surface area contributed by atoms with E-state index in [2.05, 4.69) is 5.32 Å². The van der Waals surface area contributed by atoms with Crippen LogP contribution in [0.5, 0.6) is 0 Å². The first-order valence-electron chi connectivity index (χ1n) is 6.13. The molecule has 20 heavy (non-hydrogen) atoms. The number of halogens is 3. The van der Waals surface area contributed by atoms with Gasteiger partial charge in [0.25, 0.3) is 0 Å². The molecule has 3 nitrogen and oxygen atoms in total. The summed E-state index contributed by atoms with van der Waals surface area (Å²) in [7, 11) is 0. The first-order valence-corrected chi connectivity index (χ1v) is 7.52. The number of thioether (sulfide) groups is 1. The molecule has 0 spiro atoms. The standard InChI is InChI=1S/C13H15F3N2OS/c1-20-7-6-18-11(19)8-17-12(18)9-4-2-3-5-10(9)13(14,15)16/h2-5,12,17H,6-8H2,1H3. The molecule has 7 heteroatoms. The molecule has 110 valence electrons. The van der Waals surface area contributed by atoms with Gasteiger partial charge in [-0.2, -0.15) is 24.9 Å². The van der Waals surface area contributed by atoms with Crippen molar-refractivity contribution in [3.8, 4) is 0 Å². The molecule has 1 saturated heterocycles. The summed E-state index contributed by atoms with van der Waals surface area (Å²) in [6, 6.07) is 5.38. The molecule has 0 saturated carbocycles. The Kier molecular flexibility index (Phi) is 4.59. The molecule has 1 aromatic rings. The Morgan fingerprint density at radius 2 is 2.10 bits per heavy atom. The Bertz CT molecular complexity index is 493. The highest BCUT2D eigenvalue weighted by Gasteiger charge is 2.39. The molecule has 1 aliphatic rings. The summed E-state index contributed by atoms with van der Waals surface area (Å²) < 4.78 is 39.1. The fourth-order valence-electron chi connectivity index (χ4n) is 2.25. The molecule has 0 bridgehead atoms. The third-order valence-electron chi connectivity index (χ3n) is 3.18. The Morgan fingerprint density at radius 3 is 2.75 bits per heavy atom. The molecule has 1 unspecified atom stereocenters. The van der Waals surface area contributed by atoms with E-state index in [-0.39, 0.29) is 18.0 Å². The second-order valence-corrected chi connectivity index (χ2v) is 5.43. The number of carbonyl (C=O) groups excluding carboxylic acids is 1. The summed E-state index contributed by atoms with van der Waals surface area (Å²) in [5.74, 6) is 0.527. The van der Waals surface area contributed by atoms with Crippen LogP contribution in [0.4, 0.5) is 13.2 Å². The summed E-state index contributed by atoms with van der Waals surface area (Å²) >= 11 is 1.55. The Morgan fingerprint density at radius 1 is 1.40 bits per heavy atom. The summed E-state index contributed by atoms with van der Waals surface area (Å²) in [5.41, 5.74) is -0.590. The molecular weight excluding hydrogens is 289 g/mol. The van der Waals surface area contributed by atoms with Crippen LogP contribution in [0.2, 0.25) is 0 Å². The Balaban J connectivity index is 2.33. The summed E-state index contributed by atoms with van der Waals surface area (Å²) in [5, 5.41) is 2.86. The van der Waals surface area contributed by atoms with Gasteiger partial charge in [-0.15, -0.1) is 0 Å². The highest BCUT2D eigenvalue weighted by molar-refractivity contribution is 7.98. The van der Waals surface area contributed by atoms with Crippen molar-refractivity contribution in [1.29, 1.82) is 0 Å². The van der Waals surface area contributed by atoms with Crippen molar-refractivity contribution in [2.24, 2.45) is 0 Å². The van der Waals surface area contributed by atoms with Crippen molar-refractivity contribution >= 4 is 17.7 Å². The molecule has 0 aromatic heterocycles. The first-order chi connectivity index (χ1) is 9.45. The average molecular weight is 304 g/mol. The van der Waals surface area contributed by atoms with Gasteiger partial charge in [-0.05, 0) is 12.3 Å². The van der Waals surface area contributed by atoms with Crippen molar-refractivity contribution in [3.63, 3.8) is 0 Å². The predicted octanol–water partition coefficient (Wildman–Crippen LogP) is 2.50. The van der Waals surface area contributed by atoms with E-state index < -0.39 is 17.9 Å². The number of amides is 1. The van der Waals surface area contributed by atoms with E-state index in [1.165, 1.54) is 17.0 Å². The van der Waals surface area contributed by atoms with Gasteiger partial charge < -0.3 is 4.90 Å². The molecule has 1 aromatic carbocycles. The van der Waals surface area contributed by atoms with Gasteiger partial charge in [0.05, 0.1) is 12.1 Å². The zero-order valence-electron chi connectivity index (χ0n) is 10.9. The van der Waals surface area contributed by atoms with Crippen molar-refractivity contribution < 1.29 is 18.0 Å².